The lowest BCUT2D eigenvalue weighted by molar-refractivity contribution is -0.133. The number of benzene rings is 1. The molecule has 2 aromatic rings. The van der Waals surface area contributed by atoms with Crippen molar-refractivity contribution in [1.82, 2.24) is 20.0 Å². The van der Waals surface area contributed by atoms with Crippen molar-refractivity contribution >= 4 is 23.4 Å². The summed E-state index contributed by atoms with van der Waals surface area (Å²) in [5, 5.41) is 10.5. The number of unbranched alkanes of at least 4 members (excludes halogenated alkanes) is 1. The van der Waals surface area contributed by atoms with Crippen LogP contribution < -0.4 is 10.6 Å². The Labute approximate surface area is 201 Å². The highest BCUT2D eigenvalue weighted by Crippen LogP contribution is 2.29. The number of aryl methyl sites for hydroxylation is 2. The number of carbonyl (C=O) groups is 3. The lowest BCUT2D eigenvalue weighted by Crippen LogP contribution is -2.65. The molecule has 8 heteroatoms. The molecule has 0 bridgehead atoms. The Morgan fingerprint density at radius 3 is 2.56 bits per heavy atom. The van der Waals surface area contributed by atoms with E-state index in [-0.39, 0.29) is 36.0 Å². The van der Waals surface area contributed by atoms with Gasteiger partial charge in [0, 0.05) is 24.3 Å². The zero-order chi connectivity index (χ0) is 24.5. The molecule has 1 aliphatic carbocycles. The highest BCUT2D eigenvalue weighted by atomic mass is 16.2. The molecule has 1 saturated carbocycles. The van der Waals surface area contributed by atoms with Gasteiger partial charge >= 0.3 is 0 Å². The third-order valence-corrected chi connectivity index (χ3v) is 7.21. The first-order chi connectivity index (χ1) is 16.2. The summed E-state index contributed by atoms with van der Waals surface area (Å²) in [7, 11) is 0. The zero-order valence-corrected chi connectivity index (χ0v) is 20.6. The Hall–Kier alpha value is -3.16. The average Bonchev–Trinajstić information content (AvgIpc) is 3.46. The van der Waals surface area contributed by atoms with Crippen molar-refractivity contribution in [2.75, 3.05) is 11.9 Å². The van der Waals surface area contributed by atoms with Gasteiger partial charge < -0.3 is 15.5 Å². The van der Waals surface area contributed by atoms with Gasteiger partial charge in [-0.15, -0.1) is 0 Å². The summed E-state index contributed by atoms with van der Waals surface area (Å²) >= 11 is 0. The number of nitrogens with one attached hydrogen (secondary N) is 2. The highest BCUT2D eigenvalue weighted by Gasteiger charge is 2.48. The predicted molar refractivity (Wildman–Crippen MR) is 131 cm³/mol. The normalized spacial score (nSPS) is 20.4. The van der Waals surface area contributed by atoms with Crippen molar-refractivity contribution in [2.24, 2.45) is 0 Å². The minimum absolute atomic E-state index is 0.147. The van der Waals surface area contributed by atoms with Crippen molar-refractivity contribution in [2.45, 2.75) is 84.3 Å². The number of anilines is 1. The molecule has 2 heterocycles. The van der Waals surface area contributed by atoms with Crippen LogP contribution in [0.1, 0.15) is 84.5 Å². The monoisotopic (exact) mass is 465 g/mol. The Morgan fingerprint density at radius 2 is 1.88 bits per heavy atom. The molecule has 3 amide bonds. The van der Waals surface area contributed by atoms with Crippen molar-refractivity contribution in [3.8, 4) is 0 Å². The molecule has 1 atom stereocenters. The third kappa shape index (κ3) is 4.58. The summed E-state index contributed by atoms with van der Waals surface area (Å²) in [5.74, 6) is -0.789. The van der Waals surface area contributed by atoms with Crippen LogP contribution in [0.2, 0.25) is 0 Å². The third-order valence-electron chi connectivity index (χ3n) is 7.21. The van der Waals surface area contributed by atoms with E-state index >= 15 is 0 Å². The van der Waals surface area contributed by atoms with Crippen LogP contribution in [0.5, 0.6) is 0 Å². The van der Waals surface area contributed by atoms with Crippen LogP contribution in [0.4, 0.5) is 5.69 Å². The van der Waals surface area contributed by atoms with Gasteiger partial charge in [-0.1, -0.05) is 32.3 Å². The summed E-state index contributed by atoms with van der Waals surface area (Å²) < 4.78 is 1.52. The topological polar surface area (TPSA) is 96.3 Å². The summed E-state index contributed by atoms with van der Waals surface area (Å²) in [4.78, 5) is 41.5. The lowest BCUT2D eigenvalue weighted by Gasteiger charge is -2.43. The van der Waals surface area contributed by atoms with Crippen LogP contribution in [-0.2, 0) is 11.3 Å². The molecular weight excluding hydrogens is 430 g/mol. The molecule has 1 fully saturated rings. The summed E-state index contributed by atoms with van der Waals surface area (Å²) in [6.07, 6.45) is 5.88. The zero-order valence-electron chi connectivity index (χ0n) is 20.6. The highest BCUT2D eigenvalue weighted by molar-refractivity contribution is 6.06. The van der Waals surface area contributed by atoms with E-state index in [1.807, 2.05) is 39.0 Å². The van der Waals surface area contributed by atoms with Crippen molar-refractivity contribution in [3.05, 3.63) is 46.8 Å². The summed E-state index contributed by atoms with van der Waals surface area (Å²) in [6.45, 7) is 8.57. The molecule has 1 aromatic carbocycles. The fourth-order valence-electron chi connectivity index (χ4n) is 4.84. The fourth-order valence-corrected chi connectivity index (χ4v) is 4.84. The standard InChI is InChI=1S/C26H35N5O3/c1-5-6-13-30-24(33)22-15-21(23(32)27-20-12-11-17(2)18(3)14-20)29-31(22)16-26(30,4)25(34)28-19-9-7-8-10-19/h11-12,14-15,19H,5-10,13,16H2,1-4H3,(H,27,32)(H,28,34)/t26-/m0/s1. The van der Waals surface area contributed by atoms with E-state index in [4.69, 9.17) is 0 Å². The average molecular weight is 466 g/mol. The second-order valence-electron chi connectivity index (χ2n) is 9.86. The van der Waals surface area contributed by atoms with Crippen LogP contribution in [0.25, 0.3) is 0 Å². The first kappa shape index (κ1) is 24.0. The number of amides is 3. The molecule has 34 heavy (non-hydrogen) atoms. The molecule has 4 rings (SSSR count). The van der Waals surface area contributed by atoms with Gasteiger partial charge in [-0.2, -0.15) is 5.10 Å². The van der Waals surface area contributed by atoms with Crippen LogP contribution in [-0.4, -0.2) is 50.5 Å². The number of hydrogen-bond donors (Lipinski definition) is 2. The number of rotatable bonds is 7. The maximum absolute atomic E-state index is 13.5. The lowest BCUT2D eigenvalue weighted by atomic mass is 9.94. The van der Waals surface area contributed by atoms with Gasteiger partial charge in [0.1, 0.15) is 11.2 Å². The molecule has 0 unspecified atom stereocenters. The molecule has 0 saturated heterocycles. The number of hydrogen-bond acceptors (Lipinski definition) is 4. The molecule has 0 spiro atoms. The molecule has 2 N–H and O–H groups in total. The van der Waals surface area contributed by atoms with Crippen LogP contribution in [0, 0.1) is 13.8 Å². The molecule has 8 nitrogen and oxygen atoms in total. The molecule has 0 radical (unpaired) electrons. The van der Waals surface area contributed by atoms with E-state index in [1.165, 1.54) is 10.7 Å². The summed E-state index contributed by atoms with van der Waals surface area (Å²) in [5.41, 5.74) is 2.34. The number of aromatic nitrogens is 2. The number of carbonyl (C=O) groups excluding carboxylic acids is 3. The van der Waals surface area contributed by atoms with E-state index in [0.717, 1.165) is 49.7 Å². The van der Waals surface area contributed by atoms with Gasteiger partial charge in [-0.3, -0.25) is 19.1 Å². The maximum Gasteiger partial charge on any atom is 0.276 e. The van der Waals surface area contributed by atoms with Crippen LogP contribution in [0.3, 0.4) is 0 Å². The van der Waals surface area contributed by atoms with Gasteiger partial charge in [0.05, 0.1) is 6.54 Å². The van der Waals surface area contributed by atoms with E-state index in [0.29, 0.717) is 17.9 Å². The van der Waals surface area contributed by atoms with Gasteiger partial charge in [-0.25, -0.2) is 0 Å². The SMILES string of the molecule is CCCCN1C(=O)c2cc(C(=O)Nc3ccc(C)c(C)c3)nn2C[C@@]1(C)C(=O)NC1CCCC1. The molecule has 1 aliphatic heterocycles. The van der Waals surface area contributed by atoms with E-state index in [1.54, 1.807) is 4.90 Å². The largest absolute Gasteiger partial charge is 0.351 e. The first-order valence-corrected chi connectivity index (χ1v) is 12.3. The van der Waals surface area contributed by atoms with Crippen molar-refractivity contribution in [3.63, 3.8) is 0 Å². The van der Waals surface area contributed by atoms with Crippen molar-refractivity contribution in [1.29, 1.82) is 0 Å². The predicted octanol–water partition coefficient (Wildman–Crippen LogP) is 3.83. The minimum atomic E-state index is -1.06. The molecule has 182 valence electrons. The minimum Gasteiger partial charge on any atom is -0.351 e. The second kappa shape index (κ2) is 9.60. The second-order valence-corrected chi connectivity index (χ2v) is 9.86. The maximum atomic E-state index is 13.5. The first-order valence-electron chi connectivity index (χ1n) is 12.3. The molecule has 1 aromatic heterocycles. The van der Waals surface area contributed by atoms with E-state index in [9.17, 15) is 14.4 Å². The van der Waals surface area contributed by atoms with Crippen LogP contribution in [0.15, 0.2) is 24.3 Å². The van der Waals surface area contributed by atoms with Gasteiger partial charge in [0.25, 0.3) is 11.8 Å². The van der Waals surface area contributed by atoms with Crippen LogP contribution >= 0.6 is 0 Å². The van der Waals surface area contributed by atoms with Crippen molar-refractivity contribution < 1.29 is 14.4 Å². The smallest absolute Gasteiger partial charge is 0.276 e. The number of fused-ring (bicyclic) bond motifs is 1. The Kier molecular flexibility index (Phi) is 6.77. The Balaban J connectivity index is 1.59. The van der Waals surface area contributed by atoms with E-state index < -0.39 is 5.54 Å². The number of nitrogens with zero attached hydrogens (tertiary/aromatic N) is 3. The molecular formula is C26H35N5O3. The Bertz CT molecular complexity index is 1100. The van der Waals surface area contributed by atoms with Gasteiger partial charge in [0.15, 0.2) is 5.69 Å². The fraction of sp³-hybridized carbons (Fsp3) is 0.538. The van der Waals surface area contributed by atoms with Gasteiger partial charge in [0.2, 0.25) is 5.91 Å². The van der Waals surface area contributed by atoms with Gasteiger partial charge in [-0.05, 0) is 63.3 Å². The van der Waals surface area contributed by atoms with E-state index in [2.05, 4.69) is 22.7 Å². The Morgan fingerprint density at radius 1 is 1.15 bits per heavy atom. The molecule has 2 aliphatic rings. The summed E-state index contributed by atoms with van der Waals surface area (Å²) in [6, 6.07) is 7.40. The quantitative estimate of drug-likeness (QED) is 0.650.